The average Bonchev–Trinajstić information content (AvgIpc) is 1.83. The van der Waals surface area contributed by atoms with Gasteiger partial charge in [0.1, 0.15) is 0 Å². The van der Waals surface area contributed by atoms with E-state index >= 15 is 0 Å². The zero-order chi connectivity index (χ0) is 6.41. The van der Waals surface area contributed by atoms with Crippen LogP contribution in [0.1, 0.15) is 20.3 Å². The maximum absolute atomic E-state index is 3.88. The molecule has 0 aliphatic carbocycles. The van der Waals surface area contributed by atoms with Crippen LogP contribution in [0.5, 0.6) is 0 Å². The molecule has 0 fully saturated rings. The van der Waals surface area contributed by atoms with Gasteiger partial charge in [-0.1, -0.05) is 13.0 Å². The van der Waals surface area contributed by atoms with Crippen LogP contribution < -0.4 is 0 Å². The predicted octanol–water partition coefficient (Wildman–Crippen LogP) is 2.04. The number of allylic oxidation sites excluding steroid dienone is 2. The van der Waals surface area contributed by atoms with Crippen molar-refractivity contribution in [2.24, 2.45) is 4.99 Å². The lowest BCUT2D eigenvalue weighted by atomic mass is 10.2. The number of rotatable bonds is 2. The van der Waals surface area contributed by atoms with Crippen molar-refractivity contribution < 1.29 is 0 Å². The lowest BCUT2D eigenvalue weighted by molar-refractivity contribution is 1.17. The Morgan fingerprint density at radius 3 is 2.38 bits per heavy atom. The molecule has 0 aromatic carbocycles. The number of nitrogens with zero attached hydrogens (tertiary/aromatic N) is 1. The van der Waals surface area contributed by atoms with Crippen molar-refractivity contribution in [1.82, 2.24) is 0 Å². The Kier molecular flexibility index (Phi) is 4.23. The van der Waals surface area contributed by atoms with Crippen LogP contribution in [0.3, 0.4) is 0 Å². The standard InChI is InChI=1S/C7H13N/c1-4-7(5-2)6-8-3/h4,6H,5H2,1-3H3/b7-4-,8-6-. The van der Waals surface area contributed by atoms with Crippen LogP contribution >= 0.6 is 0 Å². The molecule has 0 radical (unpaired) electrons. The Balaban J connectivity index is 3.72. The molecule has 0 aliphatic heterocycles. The number of hydrogen-bond acceptors (Lipinski definition) is 1. The van der Waals surface area contributed by atoms with Gasteiger partial charge in [-0.15, -0.1) is 0 Å². The summed E-state index contributed by atoms with van der Waals surface area (Å²) >= 11 is 0. The van der Waals surface area contributed by atoms with E-state index in [1.807, 2.05) is 13.1 Å². The predicted molar refractivity (Wildman–Crippen MR) is 38.5 cm³/mol. The van der Waals surface area contributed by atoms with E-state index < -0.39 is 0 Å². The molecule has 1 heteroatoms. The van der Waals surface area contributed by atoms with Gasteiger partial charge in [0.2, 0.25) is 0 Å². The molecule has 46 valence electrons. The zero-order valence-corrected chi connectivity index (χ0v) is 5.81. The lowest BCUT2D eigenvalue weighted by Crippen LogP contribution is -1.79. The molecule has 0 aromatic rings. The van der Waals surface area contributed by atoms with Crippen LogP contribution in [0.25, 0.3) is 0 Å². The fraction of sp³-hybridized carbons (Fsp3) is 0.571. The van der Waals surface area contributed by atoms with Crippen LogP contribution in [0.2, 0.25) is 0 Å². The highest BCUT2D eigenvalue weighted by molar-refractivity contribution is 5.77. The molecule has 0 rings (SSSR count). The van der Waals surface area contributed by atoms with E-state index in [-0.39, 0.29) is 0 Å². The zero-order valence-electron chi connectivity index (χ0n) is 5.81. The Morgan fingerprint density at radius 2 is 2.25 bits per heavy atom. The minimum absolute atomic E-state index is 1.08. The molecule has 1 nitrogen and oxygen atoms in total. The highest BCUT2D eigenvalue weighted by atomic mass is 14.6. The van der Waals surface area contributed by atoms with Crippen molar-refractivity contribution in [3.05, 3.63) is 11.6 Å². The van der Waals surface area contributed by atoms with Crippen LogP contribution in [0.15, 0.2) is 16.6 Å². The van der Waals surface area contributed by atoms with E-state index in [0.29, 0.717) is 0 Å². The first kappa shape index (κ1) is 7.41. The molecule has 0 heterocycles. The number of aliphatic imine (C=N–C) groups is 1. The summed E-state index contributed by atoms with van der Waals surface area (Å²) in [5.74, 6) is 0. The summed E-state index contributed by atoms with van der Waals surface area (Å²) in [6, 6.07) is 0. The minimum atomic E-state index is 1.08. The molecule has 0 atom stereocenters. The van der Waals surface area contributed by atoms with E-state index in [2.05, 4.69) is 18.0 Å². The monoisotopic (exact) mass is 111 g/mol. The molecule has 0 unspecified atom stereocenters. The molecule has 0 N–H and O–H groups in total. The van der Waals surface area contributed by atoms with Gasteiger partial charge in [-0.3, -0.25) is 4.99 Å². The largest absolute Gasteiger partial charge is 0.296 e. The van der Waals surface area contributed by atoms with E-state index in [1.165, 1.54) is 5.57 Å². The molecule has 0 amide bonds. The highest BCUT2D eigenvalue weighted by Crippen LogP contribution is 1.93. The minimum Gasteiger partial charge on any atom is -0.296 e. The normalized spacial score (nSPS) is 13.1. The maximum atomic E-state index is 3.88. The molecule has 0 aromatic heterocycles. The summed E-state index contributed by atoms with van der Waals surface area (Å²) in [4.78, 5) is 3.88. The van der Waals surface area contributed by atoms with Crippen molar-refractivity contribution in [2.45, 2.75) is 20.3 Å². The van der Waals surface area contributed by atoms with Gasteiger partial charge in [0.25, 0.3) is 0 Å². The van der Waals surface area contributed by atoms with E-state index in [9.17, 15) is 0 Å². The molecule has 0 aliphatic rings. The van der Waals surface area contributed by atoms with Crippen molar-refractivity contribution in [1.29, 1.82) is 0 Å². The summed E-state index contributed by atoms with van der Waals surface area (Å²) in [5.41, 5.74) is 1.30. The third kappa shape index (κ3) is 2.56. The van der Waals surface area contributed by atoms with Gasteiger partial charge in [0.05, 0.1) is 0 Å². The van der Waals surface area contributed by atoms with Gasteiger partial charge in [-0.2, -0.15) is 0 Å². The van der Waals surface area contributed by atoms with Crippen molar-refractivity contribution in [3.63, 3.8) is 0 Å². The Morgan fingerprint density at radius 1 is 1.62 bits per heavy atom. The van der Waals surface area contributed by atoms with Crippen LogP contribution in [-0.4, -0.2) is 13.3 Å². The second kappa shape index (κ2) is 4.57. The van der Waals surface area contributed by atoms with Crippen molar-refractivity contribution in [3.8, 4) is 0 Å². The average molecular weight is 111 g/mol. The third-order valence-electron chi connectivity index (χ3n) is 1.07. The van der Waals surface area contributed by atoms with Gasteiger partial charge in [0.15, 0.2) is 0 Å². The Hall–Kier alpha value is -0.590. The first-order valence-electron chi connectivity index (χ1n) is 2.92. The van der Waals surface area contributed by atoms with Crippen LogP contribution in [0.4, 0.5) is 0 Å². The van der Waals surface area contributed by atoms with E-state index in [1.54, 1.807) is 7.05 Å². The van der Waals surface area contributed by atoms with Gasteiger partial charge in [-0.25, -0.2) is 0 Å². The third-order valence-corrected chi connectivity index (χ3v) is 1.07. The first-order valence-corrected chi connectivity index (χ1v) is 2.92. The van der Waals surface area contributed by atoms with Gasteiger partial charge in [0, 0.05) is 13.3 Å². The van der Waals surface area contributed by atoms with Crippen LogP contribution in [0, 0.1) is 0 Å². The Labute approximate surface area is 51.1 Å². The van der Waals surface area contributed by atoms with Gasteiger partial charge >= 0.3 is 0 Å². The first-order chi connectivity index (χ1) is 3.85. The number of hydrogen-bond donors (Lipinski definition) is 0. The fourth-order valence-electron chi connectivity index (χ4n) is 0.536. The smallest absolute Gasteiger partial charge is 0.0277 e. The SMILES string of the molecule is C/C=C(\C=N/C)CC. The van der Waals surface area contributed by atoms with Crippen molar-refractivity contribution >= 4 is 6.21 Å². The molecule has 8 heavy (non-hydrogen) atoms. The molecule has 0 spiro atoms. The van der Waals surface area contributed by atoms with Gasteiger partial charge in [-0.05, 0) is 18.9 Å². The molecule has 0 saturated carbocycles. The summed E-state index contributed by atoms with van der Waals surface area (Å²) in [6.07, 6.45) is 5.04. The van der Waals surface area contributed by atoms with Gasteiger partial charge < -0.3 is 0 Å². The summed E-state index contributed by atoms with van der Waals surface area (Å²) in [6.45, 7) is 4.15. The second-order valence-corrected chi connectivity index (χ2v) is 1.60. The lowest BCUT2D eigenvalue weighted by Gasteiger charge is -1.89. The molecular weight excluding hydrogens is 98.1 g/mol. The topological polar surface area (TPSA) is 12.4 Å². The van der Waals surface area contributed by atoms with Crippen molar-refractivity contribution in [2.75, 3.05) is 7.05 Å². The Bertz CT molecular complexity index is 98.2. The summed E-state index contributed by atoms with van der Waals surface area (Å²) < 4.78 is 0. The summed E-state index contributed by atoms with van der Waals surface area (Å²) in [5, 5.41) is 0. The highest BCUT2D eigenvalue weighted by Gasteiger charge is 1.80. The van der Waals surface area contributed by atoms with Crippen LogP contribution in [-0.2, 0) is 0 Å². The quantitative estimate of drug-likeness (QED) is 0.483. The molecule has 0 saturated heterocycles. The second-order valence-electron chi connectivity index (χ2n) is 1.60. The molecular formula is C7H13N. The summed E-state index contributed by atoms with van der Waals surface area (Å²) in [7, 11) is 1.79. The van der Waals surface area contributed by atoms with E-state index in [0.717, 1.165) is 6.42 Å². The fourth-order valence-corrected chi connectivity index (χ4v) is 0.536. The molecule has 0 bridgehead atoms. The van der Waals surface area contributed by atoms with E-state index in [4.69, 9.17) is 0 Å². The maximum Gasteiger partial charge on any atom is 0.0277 e.